The molecule has 108 valence electrons. The van der Waals surface area contributed by atoms with Gasteiger partial charge in [-0.3, -0.25) is 0 Å². The van der Waals surface area contributed by atoms with Crippen molar-refractivity contribution in [2.75, 3.05) is 17.6 Å². The smallest absolute Gasteiger partial charge is 0.0343 e. The molecule has 0 saturated heterocycles. The fourth-order valence-corrected chi connectivity index (χ4v) is 2.23. The highest BCUT2D eigenvalue weighted by Gasteiger charge is 2.04. The summed E-state index contributed by atoms with van der Waals surface area (Å²) in [5, 5.41) is 7.10. The molecule has 0 aliphatic rings. The molecule has 0 radical (unpaired) electrons. The summed E-state index contributed by atoms with van der Waals surface area (Å²) in [6.07, 6.45) is 4.82. The van der Waals surface area contributed by atoms with E-state index in [1.54, 1.807) is 0 Å². The number of benzene rings is 1. The maximum atomic E-state index is 5.67. The third-order valence-corrected chi connectivity index (χ3v) is 3.56. The molecule has 0 spiro atoms. The van der Waals surface area contributed by atoms with Crippen LogP contribution >= 0.6 is 0 Å². The average molecular weight is 263 g/mol. The summed E-state index contributed by atoms with van der Waals surface area (Å²) in [4.78, 5) is 0. The Bertz CT molecular complexity index is 330. The molecule has 3 nitrogen and oxygen atoms in total. The number of nitrogens with two attached hydrogens (primary N) is 1. The third kappa shape index (κ3) is 6.48. The predicted octanol–water partition coefficient (Wildman–Crippen LogP) is 3.63. The first-order valence-corrected chi connectivity index (χ1v) is 7.51. The molecule has 0 heterocycles. The highest BCUT2D eigenvalue weighted by atomic mass is 14.9. The lowest BCUT2D eigenvalue weighted by Gasteiger charge is -2.17. The van der Waals surface area contributed by atoms with Gasteiger partial charge in [0.15, 0.2) is 0 Å². The Balaban J connectivity index is 2.17. The zero-order valence-corrected chi connectivity index (χ0v) is 12.6. The lowest BCUT2D eigenvalue weighted by Crippen LogP contribution is -2.29. The largest absolute Gasteiger partial charge is 0.399 e. The Morgan fingerprint density at radius 1 is 1.11 bits per heavy atom. The summed E-state index contributed by atoms with van der Waals surface area (Å²) in [6, 6.07) is 9.11. The number of hydrogen-bond acceptors (Lipinski definition) is 3. The molecule has 1 aromatic carbocycles. The molecular weight excluding hydrogens is 234 g/mol. The topological polar surface area (TPSA) is 50.1 Å². The van der Waals surface area contributed by atoms with Crippen LogP contribution in [0.1, 0.15) is 46.5 Å². The van der Waals surface area contributed by atoms with Gasteiger partial charge in [0.2, 0.25) is 0 Å². The Labute approximate surface area is 118 Å². The van der Waals surface area contributed by atoms with Crippen LogP contribution in [0.4, 0.5) is 11.4 Å². The molecule has 0 aliphatic heterocycles. The van der Waals surface area contributed by atoms with Gasteiger partial charge >= 0.3 is 0 Å². The van der Waals surface area contributed by atoms with Crippen molar-refractivity contribution < 1.29 is 0 Å². The SMILES string of the molecule is CCC(CC)NCCCC(C)Nc1ccc(N)cc1. The highest BCUT2D eigenvalue weighted by Crippen LogP contribution is 2.13. The molecule has 1 rings (SSSR count). The first kappa shape index (κ1) is 15.8. The summed E-state index contributed by atoms with van der Waals surface area (Å²) < 4.78 is 0. The van der Waals surface area contributed by atoms with Gasteiger partial charge in [-0.15, -0.1) is 0 Å². The summed E-state index contributed by atoms with van der Waals surface area (Å²) in [5.74, 6) is 0. The zero-order chi connectivity index (χ0) is 14.1. The summed E-state index contributed by atoms with van der Waals surface area (Å²) in [7, 11) is 0. The molecule has 0 amide bonds. The molecule has 1 aromatic rings. The second-order valence-electron chi connectivity index (χ2n) is 5.28. The van der Waals surface area contributed by atoms with Crippen molar-refractivity contribution in [1.29, 1.82) is 0 Å². The van der Waals surface area contributed by atoms with Crippen LogP contribution in [0.15, 0.2) is 24.3 Å². The number of hydrogen-bond donors (Lipinski definition) is 3. The van der Waals surface area contributed by atoms with Crippen LogP contribution in [0, 0.1) is 0 Å². The maximum absolute atomic E-state index is 5.67. The molecule has 4 N–H and O–H groups in total. The maximum Gasteiger partial charge on any atom is 0.0343 e. The van der Waals surface area contributed by atoms with Crippen molar-refractivity contribution in [2.45, 2.75) is 58.5 Å². The molecule has 1 atom stereocenters. The fourth-order valence-electron chi connectivity index (χ4n) is 2.23. The lowest BCUT2D eigenvalue weighted by molar-refractivity contribution is 0.469. The van der Waals surface area contributed by atoms with Gasteiger partial charge in [-0.2, -0.15) is 0 Å². The number of anilines is 2. The van der Waals surface area contributed by atoms with Crippen molar-refractivity contribution in [3.63, 3.8) is 0 Å². The van der Waals surface area contributed by atoms with E-state index in [9.17, 15) is 0 Å². The first-order chi connectivity index (χ1) is 9.15. The lowest BCUT2D eigenvalue weighted by atomic mass is 10.1. The van der Waals surface area contributed by atoms with Gasteiger partial charge in [-0.05, 0) is 63.4 Å². The minimum atomic E-state index is 0.493. The van der Waals surface area contributed by atoms with Gasteiger partial charge in [0, 0.05) is 23.5 Å². The Morgan fingerprint density at radius 3 is 2.32 bits per heavy atom. The minimum absolute atomic E-state index is 0.493. The van der Waals surface area contributed by atoms with E-state index in [-0.39, 0.29) is 0 Å². The Kier molecular flexibility index (Phi) is 7.34. The van der Waals surface area contributed by atoms with E-state index in [1.807, 2.05) is 24.3 Å². The quantitative estimate of drug-likeness (QED) is 0.471. The fraction of sp³-hybridized carbons (Fsp3) is 0.625. The second-order valence-corrected chi connectivity index (χ2v) is 5.28. The first-order valence-electron chi connectivity index (χ1n) is 7.51. The van der Waals surface area contributed by atoms with E-state index >= 15 is 0 Å². The Hall–Kier alpha value is -1.22. The molecule has 3 heteroatoms. The zero-order valence-electron chi connectivity index (χ0n) is 12.6. The van der Waals surface area contributed by atoms with Gasteiger partial charge in [-0.25, -0.2) is 0 Å². The number of nitrogens with one attached hydrogen (secondary N) is 2. The molecule has 0 saturated carbocycles. The van der Waals surface area contributed by atoms with Crippen LogP contribution in [-0.2, 0) is 0 Å². The van der Waals surface area contributed by atoms with Crippen LogP contribution in [0.2, 0.25) is 0 Å². The van der Waals surface area contributed by atoms with Gasteiger partial charge in [-0.1, -0.05) is 13.8 Å². The van der Waals surface area contributed by atoms with Gasteiger partial charge in [0.05, 0.1) is 0 Å². The normalized spacial score (nSPS) is 12.6. The second kappa shape index (κ2) is 8.81. The minimum Gasteiger partial charge on any atom is -0.399 e. The summed E-state index contributed by atoms with van der Waals surface area (Å²) in [5.41, 5.74) is 7.63. The van der Waals surface area contributed by atoms with Crippen molar-refractivity contribution in [2.24, 2.45) is 0 Å². The molecule has 0 fully saturated rings. The van der Waals surface area contributed by atoms with Crippen molar-refractivity contribution in [3.8, 4) is 0 Å². The molecule has 0 bridgehead atoms. The predicted molar refractivity (Wildman–Crippen MR) is 85.5 cm³/mol. The van der Waals surface area contributed by atoms with Crippen LogP contribution in [0.25, 0.3) is 0 Å². The van der Waals surface area contributed by atoms with Crippen LogP contribution in [0.3, 0.4) is 0 Å². The molecule has 0 aliphatic carbocycles. The van der Waals surface area contributed by atoms with E-state index in [1.165, 1.54) is 25.7 Å². The van der Waals surface area contributed by atoms with Crippen molar-refractivity contribution >= 4 is 11.4 Å². The van der Waals surface area contributed by atoms with Crippen molar-refractivity contribution in [1.82, 2.24) is 5.32 Å². The van der Waals surface area contributed by atoms with Gasteiger partial charge in [0.1, 0.15) is 0 Å². The monoisotopic (exact) mass is 263 g/mol. The standard InChI is InChI=1S/C16H29N3/c1-4-15(5-2)18-12-6-7-13(3)19-16-10-8-14(17)9-11-16/h8-11,13,15,18-19H,4-7,12,17H2,1-3H3. The van der Waals surface area contributed by atoms with Crippen LogP contribution in [-0.4, -0.2) is 18.6 Å². The summed E-state index contributed by atoms with van der Waals surface area (Å²) in [6.45, 7) is 7.83. The van der Waals surface area contributed by atoms with Crippen LogP contribution in [0.5, 0.6) is 0 Å². The summed E-state index contributed by atoms with van der Waals surface area (Å²) >= 11 is 0. The van der Waals surface area contributed by atoms with E-state index in [0.717, 1.165) is 17.9 Å². The van der Waals surface area contributed by atoms with E-state index in [4.69, 9.17) is 5.73 Å². The number of rotatable bonds is 9. The van der Waals surface area contributed by atoms with E-state index in [2.05, 4.69) is 31.4 Å². The molecular formula is C16H29N3. The molecule has 19 heavy (non-hydrogen) atoms. The third-order valence-electron chi connectivity index (χ3n) is 3.56. The highest BCUT2D eigenvalue weighted by molar-refractivity contribution is 5.51. The van der Waals surface area contributed by atoms with Crippen LogP contribution < -0.4 is 16.4 Å². The number of nitrogen functional groups attached to an aromatic ring is 1. The van der Waals surface area contributed by atoms with Gasteiger partial charge < -0.3 is 16.4 Å². The molecule has 0 aromatic heterocycles. The van der Waals surface area contributed by atoms with Gasteiger partial charge in [0.25, 0.3) is 0 Å². The van der Waals surface area contributed by atoms with E-state index < -0.39 is 0 Å². The van der Waals surface area contributed by atoms with Crippen molar-refractivity contribution in [3.05, 3.63) is 24.3 Å². The van der Waals surface area contributed by atoms with E-state index in [0.29, 0.717) is 12.1 Å². The Morgan fingerprint density at radius 2 is 1.74 bits per heavy atom. The molecule has 1 unspecified atom stereocenters. The average Bonchev–Trinajstić information content (AvgIpc) is 2.42.